The Kier molecular flexibility index (Phi) is 3.90. The van der Waals surface area contributed by atoms with Crippen molar-refractivity contribution in [3.63, 3.8) is 0 Å². The normalized spacial score (nSPS) is 15.8. The molecule has 24 heavy (non-hydrogen) atoms. The standard InChI is InChI=1S/C18H17N3O2S/c22-18(14-7-11-21(23)12-8-14)20-9-5-13(6-10-20)17-19-15-3-1-2-4-16(15)24-17/h1-4,7-8,11-13H,5-6,9-10H2. The number of nitrogens with zero attached hydrogens (tertiary/aromatic N) is 3. The number of thiazole rings is 1. The predicted molar refractivity (Wildman–Crippen MR) is 92.9 cm³/mol. The second-order valence-electron chi connectivity index (χ2n) is 6.03. The van der Waals surface area contributed by atoms with E-state index in [1.807, 2.05) is 23.1 Å². The lowest BCUT2D eigenvalue weighted by Gasteiger charge is -2.31. The SMILES string of the molecule is O=C(c1cc[n+]([O-])cc1)N1CCC(c2nc3ccccc3s2)CC1. The fourth-order valence-electron chi connectivity index (χ4n) is 3.13. The molecule has 0 unspecified atom stereocenters. The number of pyridine rings is 1. The lowest BCUT2D eigenvalue weighted by atomic mass is 9.97. The van der Waals surface area contributed by atoms with Crippen LogP contribution in [0.1, 0.15) is 34.1 Å². The van der Waals surface area contributed by atoms with Crippen molar-refractivity contribution in [3.05, 3.63) is 64.6 Å². The van der Waals surface area contributed by atoms with Crippen molar-refractivity contribution in [2.24, 2.45) is 0 Å². The number of piperidine rings is 1. The van der Waals surface area contributed by atoms with Gasteiger partial charge in [-0.25, -0.2) is 4.98 Å². The third kappa shape index (κ3) is 2.85. The maximum Gasteiger partial charge on any atom is 0.254 e. The predicted octanol–water partition coefficient (Wildman–Crippen LogP) is 2.95. The number of rotatable bonds is 2. The molecule has 5 nitrogen and oxygen atoms in total. The van der Waals surface area contributed by atoms with Crippen LogP contribution >= 0.6 is 11.3 Å². The van der Waals surface area contributed by atoms with Crippen molar-refractivity contribution in [3.8, 4) is 0 Å². The molecule has 3 heterocycles. The minimum atomic E-state index is -0.00153. The zero-order chi connectivity index (χ0) is 16.5. The first-order valence-electron chi connectivity index (χ1n) is 8.04. The molecule has 122 valence electrons. The molecule has 0 atom stereocenters. The van der Waals surface area contributed by atoms with Crippen LogP contribution in [0.5, 0.6) is 0 Å². The van der Waals surface area contributed by atoms with Crippen molar-refractivity contribution in [2.45, 2.75) is 18.8 Å². The summed E-state index contributed by atoms with van der Waals surface area (Å²) in [5, 5.41) is 12.3. The Morgan fingerprint density at radius 1 is 1.17 bits per heavy atom. The Morgan fingerprint density at radius 3 is 2.58 bits per heavy atom. The van der Waals surface area contributed by atoms with E-state index in [4.69, 9.17) is 4.98 Å². The van der Waals surface area contributed by atoms with Crippen LogP contribution in [0.4, 0.5) is 0 Å². The molecule has 1 saturated heterocycles. The second-order valence-corrected chi connectivity index (χ2v) is 7.10. The van der Waals surface area contributed by atoms with Gasteiger partial charge in [-0.2, -0.15) is 4.73 Å². The Hall–Kier alpha value is -2.47. The lowest BCUT2D eigenvalue weighted by molar-refractivity contribution is -0.605. The highest BCUT2D eigenvalue weighted by Crippen LogP contribution is 2.34. The van der Waals surface area contributed by atoms with Gasteiger partial charge in [-0.1, -0.05) is 12.1 Å². The molecule has 3 aromatic rings. The van der Waals surface area contributed by atoms with Crippen molar-refractivity contribution >= 4 is 27.5 Å². The van der Waals surface area contributed by atoms with E-state index in [9.17, 15) is 10.0 Å². The number of carbonyl (C=O) groups excluding carboxylic acids is 1. The summed E-state index contributed by atoms with van der Waals surface area (Å²) < 4.78 is 1.91. The zero-order valence-corrected chi connectivity index (χ0v) is 13.9. The van der Waals surface area contributed by atoms with Gasteiger partial charge in [-0.15, -0.1) is 11.3 Å². The molecule has 1 aliphatic rings. The Bertz CT molecular complexity index is 834. The number of carbonyl (C=O) groups is 1. The number of hydrogen-bond acceptors (Lipinski definition) is 4. The Balaban J connectivity index is 1.44. The average molecular weight is 339 g/mol. The molecule has 6 heteroatoms. The van der Waals surface area contributed by atoms with Crippen LogP contribution in [-0.4, -0.2) is 28.9 Å². The summed E-state index contributed by atoms with van der Waals surface area (Å²) in [4.78, 5) is 19.1. The van der Waals surface area contributed by atoms with Gasteiger partial charge in [0.25, 0.3) is 5.91 Å². The molecule has 1 amide bonds. The van der Waals surface area contributed by atoms with Gasteiger partial charge in [-0.3, -0.25) is 4.79 Å². The van der Waals surface area contributed by atoms with Crippen LogP contribution in [0.15, 0.2) is 48.8 Å². The summed E-state index contributed by atoms with van der Waals surface area (Å²) in [6, 6.07) is 11.4. The van der Waals surface area contributed by atoms with E-state index in [2.05, 4.69) is 6.07 Å². The molecule has 0 spiro atoms. The number of hydrogen-bond donors (Lipinski definition) is 0. The number of benzene rings is 1. The monoisotopic (exact) mass is 339 g/mol. The number of fused-ring (bicyclic) bond motifs is 1. The first-order valence-corrected chi connectivity index (χ1v) is 8.86. The highest BCUT2D eigenvalue weighted by atomic mass is 32.1. The maximum atomic E-state index is 12.5. The van der Waals surface area contributed by atoms with Crippen molar-refractivity contribution in [1.82, 2.24) is 9.88 Å². The quantitative estimate of drug-likeness (QED) is 0.533. The topological polar surface area (TPSA) is 60.1 Å². The summed E-state index contributed by atoms with van der Waals surface area (Å²) in [6.45, 7) is 1.46. The summed E-state index contributed by atoms with van der Waals surface area (Å²) in [5.74, 6) is 0.421. The molecule has 1 aliphatic heterocycles. The fourth-order valence-corrected chi connectivity index (χ4v) is 4.27. The third-order valence-electron chi connectivity index (χ3n) is 4.49. The van der Waals surface area contributed by atoms with Crippen LogP contribution in [0.3, 0.4) is 0 Å². The van der Waals surface area contributed by atoms with E-state index in [0.29, 0.717) is 16.2 Å². The van der Waals surface area contributed by atoms with E-state index >= 15 is 0 Å². The summed E-state index contributed by atoms with van der Waals surface area (Å²) >= 11 is 1.76. The van der Waals surface area contributed by atoms with Gasteiger partial charge in [0.1, 0.15) is 0 Å². The molecule has 0 saturated carbocycles. The van der Waals surface area contributed by atoms with Crippen molar-refractivity contribution in [1.29, 1.82) is 0 Å². The largest absolute Gasteiger partial charge is 0.619 e. The first kappa shape index (κ1) is 15.1. The Morgan fingerprint density at radius 2 is 1.88 bits per heavy atom. The van der Waals surface area contributed by atoms with Crippen LogP contribution in [0.2, 0.25) is 0 Å². The van der Waals surface area contributed by atoms with Crippen molar-refractivity contribution < 1.29 is 9.52 Å². The smallest absolute Gasteiger partial charge is 0.254 e. The minimum Gasteiger partial charge on any atom is -0.619 e. The molecule has 0 bridgehead atoms. The number of likely N-dealkylation sites (tertiary alicyclic amines) is 1. The molecule has 1 fully saturated rings. The van der Waals surface area contributed by atoms with Gasteiger partial charge in [0.05, 0.1) is 20.8 Å². The Labute approximate surface area is 143 Å². The molecule has 1 aromatic carbocycles. The van der Waals surface area contributed by atoms with Crippen LogP contribution < -0.4 is 4.73 Å². The summed E-state index contributed by atoms with van der Waals surface area (Å²) in [6.07, 6.45) is 4.59. The molecular formula is C18H17N3O2S. The van der Waals surface area contributed by atoms with E-state index in [0.717, 1.165) is 31.4 Å². The molecular weight excluding hydrogens is 322 g/mol. The highest BCUT2D eigenvalue weighted by Gasteiger charge is 2.26. The van der Waals surface area contributed by atoms with Gasteiger partial charge in [0.2, 0.25) is 0 Å². The molecule has 0 N–H and O–H groups in total. The van der Waals surface area contributed by atoms with Gasteiger partial charge in [-0.05, 0) is 25.0 Å². The molecule has 2 aromatic heterocycles. The van der Waals surface area contributed by atoms with Crippen molar-refractivity contribution in [2.75, 3.05) is 13.1 Å². The second kappa shape index (κ2) is 6.20. The van der Waals surface area contributed by atoms with E-state index in [1.165, 1.54) is 22.1 Å². The number of aromatic nitrogens is 2. The summed E-state index contributed by atoms with van der Waals surface area (Å²) in [7, 11) is 0. The summed E-state index contributed by atoms with van der Waals surface area (Å²) in [5.41, 5.74) is 1.63. The van der Waals surface area contributed by atoms with Gasteiger partial charge < -0.3 is 10.1 Å². The van der Waals surface area contributed by atoms with Crippen LogP contribution in [-0.2, 0) is 0 Å². The van der Waals surface area contributed by atoms with Crippen LogP contribution in [0.25, 0.3) is 10.2 Å². The maximum absolute atomic E-state index is 12.5. The van der Waals surface area contributed by atoms with Gasteiger partial charge >= 0.3 is 0 Å². The third-order valence-corrected chi connectivity index (χ3v) is 5.69. The average Bonchev–Trinajstić information content (AvgIpc) is 3.06. The first-order chi connectivity index (χ1) is 11.7. The number of amides is 1. The fraction of sp³-hybridized carbons (Fsp3) is 0.278. The van der Waals surface area contributed by atoms with Gasteiger partial charge in [0, 0.05) is 31.1 Å². The zero-order valence-electron chi connectivity index (χ0n) is 13.1. The van der Waals surface area contributed by atoms with E-state index in [1.54, 1.807) is 23.5 Å². The lowest BCUT2D eigenvalue weighted by Crippen LogP contribution is -2.38. The minimum absolute atomic E-state index is 0.00153. The van der Waals surface area contributed by atoms with Gasteiger partial charge in [0.15, 0.2) is 12.4 Å². The number of para-hydroxylation sites is 1. The molecule has 4 rings (SSSR count). The van der Waals surface area contributed by atoms with E-state index < -0.39 is 0 Å². The molecule has 0 radical (unpaired) electrons. The molecule has 0 aliphatic carbocycles. The highest BCUT2D eigenvalue weighted by molar-refractivity contribution is 7.18. The van der Waals surface area contributed by atoms with E-state index in [-0.39, 0.29) is 5.91 Å². The van der Waals surface area contributed by atoms with Crippen LogP contribution in [0, 0.1) is 5.21 Å².